The minimum atomic E-state index is 0.223. The Balaban J connectivity index is 1.47. The highest BCUT2D eigenvalue weighted by atomic mass is 16.6. The van der Waals surface area contributed by atoms with Crippen LogP contribution in [0.25, 0.3) is 11.1 Å². The molecular weight excluding hydrogens is 306 g/mol. The Morgan fingerprint density at radius 2 is 1.46 bits per heavy atom. The van der Waals surface area contributed by atoms with Crippen molar-refractivity contribution in [3.8, 4) is 22.6 Å². The van der Waals surface area contributed by atoms with Crippen molar-refractivity contribution < 1.29 is 18.9 Å². The second-order valence-corrected chi connectivity index (χ2v) is 6.27. The number of epoxide rings is 2. The first-order chi connectivity index (χ1) is 11.7. The number of benzene rings is 2. The van der Waals surface area contributed by atoms with Crippen LogP contribution in [-0.4, -0.2) is 38.6 Å². The number of ether oxygens (including phenoxy) is 4. The second-order valence-electron chi connectivity index (χ2n) is 6.27. The number of aryl methyl sites for hydroxylation is 1. The number of hydrogen-bond acceptors (Lipinski definition) is 5. The molecule has 5 heteroatoms. The van der Waals surface area contributed by atoms with Gasteiger partial charge in [-0.25, -0.2) is 0 Å². The van der Waals surface area contributed by atoms with Crippen molar-refractivity contribution >= 4 is 5.69 Å². The van der Waals surface area contributed by atoms with Gasteiger partial charge < -0.3 is 24.7 Å². The minimum Gasteiger partial charge on any atom is -0.491 e. The van der Waals surface area contributed by atoms with Gasteiger partial charge in [0.2, 0.25) is 0 Å². The zero-order valence-corrected chi connectivity index (χ0v) is 13.7. The third-order valence-electron chi connectivity index (χ3n) is 4.17. The molecule has 2 aliphatic heterocycles. The first-order valence-electron chi connectivity index (χ1n) is 8.18. The van der Waals surface area contributed by atoms with Gasteiger partial charge in [0.05, 0.1) is 18.9 Å². The highest BCUT2D eigenvalue weighted by molar-refractivity contribution is 5.71. The summed E-state index contributed by atoms with van der Waals surface area (Å²) in [6.45, 7) is 4.79. The Morgan fingerprint density at radius 3 is 2.00 bits per heavy atom. The van der Waals surface area contributed by atoms with Crippen molar-refractivity contribution in [2.24, 2.45) is 0 Å². The first-order valence-corrected chi connectivity index (χ1v) is 8.18. The Hall–Kier alpha value is -2.24. The molecule has 2 aliphatic rings. The Labute approximate surface area is 141 Å². The van der Waals surface area contributed by atoms with Gasteiger partial charge in [-0.3, -0.25) is 0 Å². The fourth-order valence-corrected chi connectivity index (χ4v) is 2.54. The van der Waals surface area contributed by atoms with E-state index in [0.29, 0.717) is 24.7 Å². The lowest BCUT2D eigenvalue weighted by molar-refractivity contribution is 0.262. The molecule has 0 spiro atoms. The van der Waals surface area contributed by atoms with Crippen LogP contribution in [0.4, 0.5) is 5.69 Å². The van der Waals surface area contributed by atoms with Gasteiger partial charge in [-0.2, -0.15) is 0 Å². The van der Waals surface area contributed by atoms with E-state index in [9.17, 15) is 0 Å². The Bertz CT molecular complexity index is 675. The van der Waals surface area contributed by atoms with Crippen LogP contribution < -0.4 is 15.2 Å². The standard InChI is InChI=1S/C19H21NO4/c1-12-6-13(2-4-18(12)23-10-15-8-21-15)14-3-5-19(17(20)7-14)24-11-16-9-22-16/h2-7,15-16H,8-11,20H2,1H3. The van der Waals surface area contributed by atoms with Gasteiger partial charge >= 0.3 is 0 Å². The van der Waals surface area contributed by atoms with Crippen molar-refractivity contribution in [1.29, 1.82) is 0 Å². The lowest BCUT2D eigenvalue weighted by Crippen LogP contribution is -2.06. The highest BCUT2D eigenvalue weighted by Gasteiger charge is 2.24. The van der Waals surface area contributed by atoms with Crippen LogP contribution in [-0.2, 0) is 9.47 Å². The number of rotatable bonds is 7. The fraction of sp³-hybridized carbons (Fsp3) is 0.368. The molecule has 0 radical (unpaired) electrons. The number of nitrogen functional groups attached to an aromatic ring is 1. The van der Waals surface area contributed by atoms with Gasteiger partial charge in [0.25, 0.3) is 0 Å². The van der Waals surface area contributed by atoms with E-state index in [4.69, 9.17) is 24.7 Å². The maximum Gasteiger partial charge on any atom is 0.142 e. The van der Waals surface area contributed by atoms with Crippen LogP contribution in [0.5, 0.6) is 11.5 Å². The molecule has 2 aromatic carbocycles. The van der Waals surface area contributed by atoms with Gasteiger partial charge in [0.1, 0.15) is 36.9 Å². The summed E-state index contributed by atoms with van der Waals surface area (Å²) in [5, 5.41) is 0. The SMILES string of the molecule is Cc1cc(-c2ccc(OCC3CO3)c(N)c2)ccc1OCC1CO1. The number of nitrogens with two attached hydrogens (primary N) is 1. The second kappa shape index (κ2) is 6.34. The number of hydrogen-bond donors (Lipinski definition) is 1. The topological polar surface area (TPSA) is 69.5 Å². The van der Waals surface area contributed by atoms with E-state index in [0.717, 1.165) is 35.7 Å². The fourth-order valence-electron chi connectivity index (χ4n) is 2.54. The van der Waals surface area contributed by atoms with E-state index >= 15 is 0 Å². The average Bonchev–Trinajstić information content (AvgIpc) is 3.46. The third-order valence-corrected chi connectivity index (χ3v) is 4.17. The van der Waals surface area contributed by atoms with E-state index in [1.54, 1.807) is 0 Å². The van der Waals surface area contributed by atoms with Crippen molar-refractivity contribution in [3.05, 3.63) is 42.0 Å². The van der Waals surface area contributed by atoms with Crippen LogP contribution in [0.3, 0.4) is 0 Å². The minimum absolute atomic E-state index is 0.223. The van der Waals surface area contributed by atoms with Crippen molar-refractivity contribution in [2.75, 3.05) is 32.2 Å². The largest absolute Gasteiger partial charge is 0.491 e. The normalized spacial score (nSPS) is 21.4. The molecule has 0 aliphatic carbocycles. The van der Waals surface area contributed by atoms with Gasteiger partial charge in [0, 0.05) is 0 Å². The molecule has 24 heavy (non-hydrogen) atoms. The Kier molecular flexibility index (Phi) is 4.04. The summed E-state index contributed by atoms with van der Waals surface area (Å²) in [6.07, 6.45) is 0.484. The van der Waals surface area contributed by atoms with Crippen LogP contribution >= 0.6 is 0 Å². The zero-order valence-electron chi connectivity index (χ0n) is 13.7. The van der Waals surface area contributed by atoms with Crippen LogP contribution in [0.1, 0.15) is 5.56 Å². The van der Waals surface area contributed by atoms with Crippen molar-refractivity contribution in [2.45, 2.75) is 19.1 Å². The Morgan fingerprint density at radius 1 is 0.917 bits per heavy atom. The third kappa shape index (κ3) is 3.63. The molecule has 2 unspecified atom stereocenters. The molecule has 2 saturated heterocycles. The van der Waals surface area contributed by atoms with E-state index < -0.39 is 0 Å². The maximum atomic E-state index is 6.12. The summed E-state index contributed by atoms with van der Waals surface area (Å²) in [5.74, 6) is 1.60. The molecule has 5 nitrogen and oxygen atoms in total. The van der Waals surface area contributed by atoms with Crippen LogP contribution in [0.2, 0.25) is 0 Å². The van der Waals surface area contributed by atoms with Gasteiger partial charge in [-0.1, -0.05) is 12.1 Å². The summed E-state index contributed by atoms with van der Waals surface area (Å²) in [7, 11) is 0. The van der Waals surface area contributed by atoms with Crippen molar-refractivity contribution in [3.63, 3.8) is 0 Å². The summed E-state index contributed by atoms with van der Waals surface area (Å²) >= 11 is 0. The predicted octanol–water partition coefficient (Wildman–Crippen LogP) is 2.80. The van der Waals surface area contributed by atoms with Gasteiger partial charge in [0.15, 0.2) is 0 Å². The molecule has 4 rings (SSSR count). The summed E-state index contributed by atoms with van der Waals surface area (Å²) in [6, 6.07) is 12.0. The van der Waals surface area contributed by atoms with Crippen molar-refractivity contribution in [1.82, 2.24) is 0 Å². The molecule has 126 valence electrons. The zero-order chi connectivity index (χ0) is 16.5. The molecule has 2 aromatic rings. The average molecular weight is 327 g/mol. The van der Waals surface area contributed by atoms with E-state index in [-0.39, 0.29) is 12.2 Å². The van der Waals surface area contributed by atoms with Gasteiger partial charge in [-0.15, -0.1) is 0 Å². The predicted molar refractivity (Wildman–Crippen MR) is 91.5 cm³/mol. The van der Waals surface area contributed by atoms with E-state index in [2.05, 4.69) is 6.07 Å². The molecule has 2 N–H and O–H groups in total. The molecule has 0 aromatic heterocycles. The summed E-state index contributed by atoms with van der Waals surface area (Å²) in [4.78, 5) is 0. The summed E-state index contributed by atoms with van der Waals surface area (Å²) in [5.41, 5.74) is 10.0. The lowest BCUT2D eigenvalue weighted by atomic mass is 10.0. The van der Waals surface area contributed by atoms with Gasteiger partial charge in [-0.05, 0) is 47.9 Å². The monoisotopic (exact) mass is 327 g/mol. The lowest BCUT2D eigenvalue weighted by Gasteiger charge is -2.12. The molecule has 0 saturated carbocycles. The number of anilines is 1. The van der Waals surface area contributed by atoms with E-state index in [1.165, 1.54) is 0 Å². The summed E-state index contributed by atoms with van der Waals surface area (Å²) < 4.78 is 21.8. The first kappa shape index (κ1) is 15.3. The van der Waals surface area contributed by atoms with Crippen LogP contribution in [0.15, 0.2) is 36.4 Å². The molecule has 0 amide bonds. The molecule has 2 atom stereocenters. The molecule has 2 heterocycles. The highest BCUT2D eigenvalue weighted by Crippen LogP contribution is 2.31. The maximum absolute atomic E-state index is 6.12. The van der Waals surface area contributed by atoms with Crippen LogP contribution in [0, 0.1) is 6.92 Å². The smallest absolute Gasteiger partial charge is 0.142 e. The quantitative estimate of drug-likeness (QED) is 0.625. The molecular formula is C19H21NO4. The molecule has 0 bridgehead atoms. The van der Waals surface area contributed by atoms with E-state index in [1.807, 2.05) is 37.3 Å². The molecule has 2 fully saturated rings.